The van der Waals surface area contributed by atoms with Gasteiger partial charge in [-0.3, -0.25) is 0 Å². The summed E-state index contributed by atoms with van der Waals surface area (Å²) in [5.74, 6) is 0.972. The zero-order valence-electron chi connectivity index (χ0n) is 13.4. The van der Waals surface area contributed by atoms with Gasteiger partial charge in [0.15, 0.2) is 0 Å². The largest absolute Gasteiger partial charge is 0.324 e. The Balaban J connectivity index is 1.76. The molecule has 1 fully saturated rings. The van der Waals surface area contributed by atoms with Crippen molar-refractivity contribution in [3.8, 4) is 0 Å². The molecule has 2 rings (SSSR count). The summed E-state index contributed by atoms with van der Waals surface area (Å²) in [6.45, 7) is 3.42. The van der Waals surface area contributed by atoms with E-state index in [1.807, 2.05) is 0 Å². The molecule has 1 aliphatic carbocycles. The van der Waals surface area contributed by atoms with Crippen LogP contribution < -0.4 is 5.73 Å². The average molecular weight is 353 g/mol. The minimum atomic E-state index is 0.146. The van der Waals surface area contributed by atoms with Crippen LogP contribution in [0.5, 0.6) is 0 Å². The third-order valence-corrected chi connectivity index (χ3v) is 5.64. The Morgan fingerprint density at radius 2 is 1.81 bits per heavy atom. The fraction of sp³-hybridized carbons (Fsp3) is 0.667. The summed E-state index contributed by atoms with van der Waals surface area (Å²) in [6, 6.07) is 9.32. The van der Waals surface area contributed by atoms with Gasteiger partial charge in [-0.25, -0.2) is 0 Å². The minimum Gasteiger partial charge on any atom is -0.324 e. The molecule has 0 heterocycles. The van der Waals surface area contributed by atoms with Gasteiger partial charge in [-0.05, 0) is 69.3 Å². The van der Waals surface area contributed by atoms with Crippen LogP contribution in [0.4, 0.5) is 0 Å². The molecular formula is C18H29BrN2. The van der Waals surface area contributed by atoms with Crippen LogP contribution in [0.3, 0.4) is 0 Å². The van der Waals surface area contributed by atoms with Crippen LogP contribution in [0.15, 0.2) is 28.7 Å². The molecular weight excluding hydrogens is 324 g/mol. The topological polar surface area (TPSA) is 29.3 Å². The Hall–Kier alpha value is -0.380. The number of hydrogen-bond donors (Lipinski definition) is 1. The molecule has 3 heteroatoms. The first-order valence-electron chi connectivity index (χ1n) is 8.31. The van der Waals surface area contributed by atoms with Crippen molar-refractivity contribution in [3.05, 3.63) is 34.3 Å². The number of benzene rings is 1. The fourth-order valence-electron chi connectivity index (χ4n) is 3.40. The second kappa shape index (κ2) is 8.30. The van der Waals surface area contributed by atoms with Gasteiger partial charge in [0.25, 0.3) is 0 Å². The first-order valence-corrected chi connectivity index (χ1v) is 9.10. The monoisotopic (exact) mass is 352 g/mol. The van der Waals surface area contributed by atoms with Crippen LogP contribution in [0.25, 0.3) is 0 Å². The van der Waals surface area contributed by atoms with Crippen LogP contribution in [0.2, 0.25) is 0 Å². The van der Waals surface area contributed by atoms with Crippen LogP contribution in [-0.2, 0) is 0 Å². The highest BCUT2D eigenvalue weighted by atomic mass is 79.9. The normalized spacial score (nSPS) is 24.2. The Morgan fingerprint density at radius 3 is 2.38 bits per heavy atom. The summed E-state index contributed by atoms with van der Waals surface area (Å²) in [5.41, 5.74) is 7.56. The van der Waals surface area contributed by atoms with E-state index in [1.165, 1.54) is 37.7 Å². The van der Waals surface area contributed by atoms with Crippen molar-refractivity contribution >= 4 is 15.9 Å². The maximum absolute atomic E-state index is 6.32. The Morgan fingerprint density at radius 1 is 1.19 bits per heavy atom. The lowest BCUT2D eigenvalue weighted by molar-refractivity contribution is 0.159. The third kappa shape index (κ3) is 5.08. The summed E-state index contributed by atoms with van der Waals surface area (Å²) in [4.78, 5) is 2.53. The molecule has 0 radical (unpaired) electrons. The first-order chi connectivity index (χ1) is 10.1. The summed E-state index contributed by atoms with van der Waals surface area (Å²) in [7, 11) is 2.27. The molecule has 0 saturated heterocycles. The van der Waals surface area contributed by atoms with Crippen LogP contribution >= 0.6 is 15.9 Å². The van der Waals surface area contributed by atoms with Gasteiger partial charge in [0, 0.05) is 16.6 Å². The van der Waals surface area contributed by atoms with E-state index in [0.717, 1.165) is 29.4 Å². The number of rotatable bonds is 6. The molecule has 1 aliphatic rings. The van der Waals surface area contributed by atoms with Crippen molar-refractivity contribution in [3.63, 3.8) is 0 Å². The van der Waals surface area contributed by atoms with Gasteiger partial charge in [-0.15, -0.1) is 0 Å². The molecule has 0 aromatic heterocycles. The van der Waals surface area contributed by atoms with Crippen LogP contribution in [-0.4, -0.2) is 24.5 Å². The third-order valence-electron chi connectivity index (χ3n) is 5.11. The van der Waals surface area contributed by atoms with Gasteiger partial charge in [-0.2, -0.15) is 0 Å². The van der Waals surface area contributed by atoms with Gasteiger partial charge in [-0.1, -0.05) is 41.4 Å². The van der Waals surface area contributed by atoms with Gasteiger partial charge < -0.3 is 10.6 Å². The highest BCUT2D eigenvalue weighted by Crippen LogP contribution is 2.29. The lowest BCUT2D eigenvalue weighted by Gasteiger charge is -2.35. The summed E-state index contributed by atoms with van der Waals surface area (Å²) < 4.78 is 1.11. The van der Waals surface area contributed by atoms with E-state index in [0.29, 0.717) is 0 Å². The quantitative estimate of drug-likeness (QED) is 0.800. The van der Waals surface area contributed by atoms with Crippen molar-refractivity contribution in [2.45, 2.75) is 57.5 Å². The molecule has 21 heavy (non-hydrogen) atoms. The predicted octanol–water partition coefficient (Wildman–Crippen LogP) is 4.74. The van der Waals surface area contributed by atoms with E-state index >= 15 is 0 Å². The number of halogens is 1. The average Bonchev–Trinajstić information content (AvgIpc) is 2.53. The zero-order valence-corrected chi connectivity index (χ0v) is 15.0. The molecule has 118 valence electrons. The van der Waals surface area contributed by atoms with Crippen LogP contribution in [0, 0.1) is 5.92 Å². The highest BCUT2D eigenvalue weighted by Gasteiger charge is 2.23. The van der Waals surface area contributed by atoms with Crippen molar-refractivity contribution in [1.82, 2.24) is 4.90 Å². The van der Waals surface area contributed by atoms with Crippen molar-refractivity contribution in [2.75, 3.05) is 13.6 Å². The van der Waals surface area contributed by atoms with E-state index in [4.69, 9.17) is 5.73 Å². The molecule has 1 aromatic rings. The number of nitrogens with zero attached hydrogens (tertiary/aromatic N) is 1. The fourth-order valence-corrected chi connectivity index (χ4v) is 3.66. The molecule has 2 N–H and O–H groups in total. The Kier molecular flexibility index (Phi) is 6.72. The van der Waals surface area contributed by atoms with E-state index < -0.39 is 0 Å². The molecule has 0 spiro atoms. The van der Waals surface area contributed by atoms with Gasteiger partial charge in [0.2, 0.25) is 0 Å². The van der Waals surface area contributed by atoms with Crippen molar-refractivity contribution in [2.24, 2.45) is 11.7 Å². The van der Waals surface area contributed by atoms with Gasteiger partial charge in [0.05, 0.1) is 0 Å². The summed E-state index contributed by atoms with van der Waals surface area (Å²) in [6.07, 6.45) is 7.93. The maximum Gasteiger partial charge on any atom is 0.0307 e. The molecule has 1 saturated carbocycles. The number of hydrogen-bond acceptors (Lipinski definition) is 2. The standard InChI is InChI=1S/C18H29BrN2/c1-3-14-4-10-17(11-5-14)21(2)13-12-18(20)15-6-8-16(19)9-7-15/h6-9,14,17-18H,3-5,10-13,20H2,1-2H3. The van der Waals surface area contributed by atoms with E-state index in [2.05, 4.69) is 59.1 Å². The molecule has 2 nitrogen and oxygen atoms in total. The van der Waals surface area contributed by atoms with Crippen molar-refractivity contribution in [1.29, 1.82) is 0 Å². The smallest absolute Gasteiger partial charge is 0.0307 e. The highest BCUT2D eigenvalue weighted by molar-refractivity contribution is 9.10. The lowest BCUT2D eigenvalue weighted by Crippen LogP contribution is -2.36. The molecule has 1 atom stereocenters. The minimum absolute atomic E-state index is 0.146. The van der Waals surface area contributed by atoms with E-state index in [9.17, 15) is 0 Å². The number of nitrogens with two attached hydrogens (primary N) is 1. The summed E-state index contributed by atoms with van der Waals surface area (Å²) >= 11 is 3.47. The molecule has 0 aliphatic heterocycles. The Labute approximate surface area is 138 Å². The lowest BCUT2D eigenvalue weighted by atomic mass is 9.84. The predicted molar refractivity (Wildman–Crippen MR) is 94.4 cm³/mol. The molecule has 1 aromatic carbocycles. The molecule has 1 unspecified atom stereocenters. The van der Waals surface area contributed by atoms with Gasteiger partial charge in [0.1, 0.15) is 0 Å². The first kappa shape index (κ1) is 17.0. The van der Waals surface area contributed by atoms with Crippen molar-refractivity contribution < 1.29 is 0 Å². The van der Waals surface area contributed by atoms with Crippen LogP contribution in [0.1, 0.15) is 57.1 Å². The molecule has 0 bridgehead atoms. The molecule has 0 amide bonds. The zero-order chi connectivity index (χ0) is 15.2. The SMILES string of the molecule is CCC1CCC(N(C)CCC(N)c2ccc(Br)cc2)CC1. The second-order valence-corrected chi connectivity index (χ2v) is 7.43. The van der Waals surface area contributed by atoms with Gasteiger partial charge >= 0.3 is 0 Å². The van der Waals surface area contributed by atoms with E-state index in [-0.39, 0.29) is 6.04 Å². The summed E-state index contributed by atoms with van der Waals surface area (Å²) in [5, 5.41) is 0. The van der Waals surface area contributed by atoms with E-state index in [1.54, 1.807) is 0 Å². The Bertz CT molecular complexity index is 410. The maximum atomic E-state index is 6.32. The second-order valence-electron chi connectivity index (χ2n) is 6.51.